The van der Waals surface area contributed by atoms with E-state index in [1.807, 2.05) is 31.2 Å². The minimum atomic E-state index is -0.304. The van der Waals surface area contributed by atoms with Crippen LogP contribution in [0.4, 0.5) is 0 Å². The van der Waals surface area contributed by atoms with Crippen LogP contribution >= 0.6 is 0 Å². The van der Waals surface area contributed by atoms with E-state index in [-0.39, 0.29) is 5.56 Å². The number of aromatic amines is 1. The summed E-state index contributed by atoms with van der Waals surface area (Å²) in [6.07, 6.45) is 2.15. The molecule has 7 heteroatoms. The molecule has 1 aromatic carbocycles. The zero-order valence-corrected chi connectivity index (χ0v) is 12.2. The number of hydrogen-bond acceptors (Lipinski definition) is 5. The summed E-state index contributed by atoms with van der Waals surface area (Å²) in [6.45, 7) is 2.01. The van der Waals surface area contributed by atoms with Crippen molar-refractivity contribution in [3.63, 3.8) is 0 Å². The van der Waals surface area contributed by atoms with Crippen LogP contribution in [-0.2, 0) is 6.42 Å². The third-order valence-electron chi connectivity index (χ3n) is 3.81. The van der Waals surface area contributed by atoms with Crippen molar-refractivity contribution >= 4 is 16.6 Å². The van der Waals surface area contributed by atoms with Gasteiger partial charge in [-0.2, -0.15) is 14.9 Å². The lowest BCUT2D eigenvalue weighted by atomic mass is 10.1. The van der Waals surface area contributed by atoms with E-state index in [2.05, 4.69) is 15.2 Å². The van der Waals surface area contributed by atoms with Crippen molar-refractivity contribution in [1.29, 1.82) is 5.26 Å². The topological polar surface area (TPSA) is 100.0 Å². The first-order valence-corrected chi connectivity index (χ1v) is 7.11. The molecular weight excluding hydrogens is 294 g/mol. The number of hydrogen-bond donors (Lipinski definition) is 1. The maximum Gasteiger partial charge on any atom is 0.274 e. The molecule has 0 spiro atoms. The van der Waals surface area contributed by atoms with Gasteiger partial charge in [-0.05, 0) is 18.6 Å². The third-order valence-corrected chi connectivity index (χ3v) is 3.81. The second-order valence-corrected chi connectivity index (χ2v) is 5.15. The summed E-state index contributed by atoms with van der Waals surface area (Å²) in [5.74, 6) is 0. The second-order valence-electron chi connectivity index (χ2n) is 5.15. The van der Waals surface area contributed by atoms with E-state index < -0.39 is 0 Å². The predicted octanol–water partition coefficient (Wildman–Crippen LogP) is 2.26. The van der Waals surface area contributed by atoms with E-state index in [1.54, 1.807) is 0 Å². The third kappa shape index (κ3) is 1.92. The van der Waals surface area contributed by atoms with Crippen LogP contribution in [0.15, 0.2) is 39.8 Å². The predicted molar refractivity (Wildman–Crippen MR) is 82.9 cm³/mol. The van der Waals surface area contributed by atoms with Crippen LogP contribution in [0.1, 0.15) is 18.2 Å². The number of benzene rings is 1. The number of aromatic nitrogens is 4. The SMILES string of the molecule is CCc1noc2cc(-c3cc(=O)n4ncc(C#N)c4[nH]3)ccc12. The zero-order chi connectivity index (χ0) is 16.0. The first-order chi connectivity index (χ1) is 11.2. The summed E-state index contributed by atoms with van der Waals surface area (Å²) >= 11 is 0. The molecule has 0 unspecified atom stereocenters. The average Bonchev–Trinajstić information content (AvgIpc) is 3.17. The molecule has 0 aliphatic rings. The molecule has 0 atom stereocenters. The van der Waals surface area contributed by atoms with Crippen molar-refractivity contribution in [3.05, 3.63) is 52.1 Å². The zero-order valence-electron chi connectivity index (χ0n) is 12.2. The van der Waals surface area contributed by atoms with Gasteiger partial charge in [-0.3, -0.25) is 4.79 Å². The highest BCUT2D eigenvalue weighted by Crippen LogP contribution is 2.25. The highest BCUT2D eigenvalue weighted by atomic mass is 16.5. The lowest BCUT2D eigenvalue weighted by Gasteiger charge is -2.03. The Bertz CT molecular complexity index is 1140. The molecule has 3 heterocycles. The molecule has 7 nitrogen and oxygen atoms in total. The molecule has 3 aromatic heterocycles. The molecule has 0 radical (unpaired) electrons. The van der Waals surface area contributed by atoms with Gasteiger partial charge in [-0.25, -0.2) is 0 Å². The lowest BCUT2D eigenvalue weighted by molar-refractivity contribution is 0.447. The second kappa shape index (κ2) is 4.81. The number of aryl methyl sites for hydroxylation is 1. The van der Waals surface area contributed by atoms with Gasteiger partial charge in [-0.15, -0.1) is 0 Å². The smallest absolute Gasteiger partial charge is 0.274 e. The minimum absolute atomic E-state index is 0.304. The fraction of sp³-hybridized carbons (Fsp3) is 0.125. The van der Waals surface area contributed by atoms with E-state index in [9.17, 15) is 4.79 Å². The van der Waals surface area contributed by atoms with E-state index in [4.69, 9.17) is 9.78 Å². The van der Waals surface area contributed by atoms with Crippen molar-refractivity contribution in [1.82, 2.24) is 19.8 Å². The molecule has 0 saturated carbocycles. The van der Waals surface area contributed by atoms with Crippen LogP contribution in [0.2, 0.25) is 0 Å². The Hall–Kier alpha value is -3.40. The van der Waals surface area contributed by atoms with Gasteiger partial charge in [0, 0.05) is 17.0 Å². The Labute approximate surface area is 129 Å². The molecule has 0 bridgehead atoms. The summed E-state index contributed by atoms with van der Waals surface area (Å²) in [7, 11) is 0. The molecule has 0 aliphatic carbocycles. The summed E-state index contributed by atoms with van der Waals surface area (Å²) in [6, 6.07) is 9.10. The van der Waals surface area contributed by atoms with E-state index in [1.165, 1.54) is 16.8 Å². The molecule has 0 amide bonds. The van der Waals surface area contributed by atoms with Crippen molar-refractivity contribution < 1.29 is 4.52 Å². The normalized spacial score (nSPS) is 11.1. The molecule has 0 aliphatic heterocycles. The standard InChI is InChI=1S/C16H11N5O2/c1-2-12-11-4-3-9(5-14(11)23-20-12)13-6-15(22)21-16(19-13)10(7-17)8-18-21/h3-6,8,19H,2H2,1H3. The van der Waals surface area contributed by atoms with Crippen molar-refractivity contribution in [2.45, 2.75) is 13.3 Å². The van der Waals surface area contributed by atoms with E-state index in [0.29, 0.717) is 22.5 Å². The van der Waals surface area contributed by atoms with E-state index >= 15 is 0 Å². The summed E-state index contributed by atoms with van der Waals surface area (Å²) < 4.78 is 6.51. The molecular formula is C16H11N5O2. The number of fused-ring (bicyclic) bond motifs is 2. The van der Waals surface area contributed by atoms with Crippen LogP contribution in [0, 0.1) is 11.3 Å². The van der Waals surface area contributed by atoms with Gasteiger partial charge in [-0.1, -0.05) is 18.1 Å². The molecule has 4 rings (SSSR count). The molecule has 4 aromatic rings. The van der Waals surface area contributed by atoms with Crippen molar-refractivity contribution in [3.8, 4) is 17.3 Å². The highest BCUT2D eigenvalue weighted by molar-refractivity contribution is 5.84. The maximum atomic E-state index is 12.2. The molecule has 0 fully saturated rings. The largest absolute Gasteiger partial charge is 0.356 e. The first-order valence-electron chi connectivity index (χ1n) is 7.11. The van der Waals surface area contributed by atoms with Crippen LogP contribution in [0.5, 0.6) is 0 Å². The quantitative estimate of drug-likeness (QED) is 0.612. The highest BCUT2D eigenvalue weighted by Gasteiger charge is 2.12. The number of nitriles is 1. The van der Waals surface area contributed by atoms with Gasteiger partial charge in [0.15, 0.2) is 11.2 Å². The first kappa shape index (κ1) is 13.3. The molecule has 1 N–H and O–H groups in total. The lowest BCUT2D eigenvalue weighted by Crippen LogP contribution is -2.14. The average molecular weight is 305 g/mol. The molecule has 23 heavy (non-hydrogen) atoms. The fourth-order valence-corrected chi connectivity index (χ4v) is 2.63. The van der Waals surface area contributed by atoms with Crippen LogP contribution in [0.25, 0.3) is 27.9 Å². The van der Waals surface area contributed by atoms with Crippen LogP contribution < -0.4 is 5.56 Å². The van der Waals surface area contributed by atoms with Crippen LogP contribution in [0.3, 0.4) is 0 Å². The molecule has 112 valence electrons. The van der Waals surface area contributed by atoms with Crippen LogP contribution in [-0.4, -0.2) is 19.8 Å². The van der Waals surface area contributed by atoms with Gasteiger partial charge >= 0.3 is 0 Å². The summed E-state index contributed by atoms with van der Waals surface area (Å²) in [4.78, 5) is 15.2. The van der Waals surface area contributed by atoms with Crippen molar-refractivity contribution in [2.24, 2.45) is 0 Å². The Balaban J connectivity index is 1.95. The number of rotatable bonds is 2. The number of nitrogens with one attached hydrogen (secondary N) is 1. The molecule has 0 saturated heterocycles. The number of H-pyrrole nitrogens is 1. The fourth-order valence-electron chi connectivity index (χ4n) is 2.63. The Morgan fingerprint density at radius 3 is 3.04 bits per heavy atom. The van der Waals surface area contributed by atoms with Gasteiger partial charge in [0.2, 0.25) is 0 Å². The summed E-state index contributed by atoms with van der Waals surface area (Å²) in [5, 5.41) is 18.0. The van der Waals surface area contributed by atoms with Gasteiger partial charge in [0.05, 0.1) is 17.6 Å². The summed E-state index contributed by atoms with van der Waals surface area (Å²) in [5.41, 5.74) is 3.33. The Morgan fingerprint density at radius 1 is 1.39 bits per heavy atom. The monoisotopic (exact) mass is 305 g/mol. The number of nitrogens with zero attached hydrogens (tertiary/aromatic N) is 4. The minimum Gasteiger partial charge on any atom is -0.356 e. The Morgan fingerprint density at radius 2 is 2.26 bits per heavy atom. The Kier molecular flexibility index (Phi) is 2.78. The van der Waals surface area contributed by atoms with E-state index in [0.717, 1.165) is 23.1 Å². The maximum absolute atomic E-state index is 12.2. The van der Waals surface area contributed by atoms with Gasteiger partial charge < -0.3 is 9.51 Å². The van der Waals surface area contributed by atoms with Crippen molar-refractivity contribution in [2.75, 3.05) is 0 Å². The van der Waals surface area contributed by atoms with Gasteiger partial charge in [0.25, 0.3) is 5.56 Å². The van der Waals surface area contributed by atoms with Gasteiger partial charge in [0.1, 0.15) is 11.6 Å².